The molecule has 2 aromatic rings. The third kappa shape index (κ3) is 5.08. The fourth-order valence-electron chi connectivity index (χ4n) is 2.02. The highest BCUT2D eigenvalue weighted by Gasteiger charge is 2.33. The lowest BCUT2D eigenvalue weighted by atomic mass is 10.3. The second-order valence-electron chi connectivity index (χ2n) is 4.77. The van der Waals surface area contributed by atoms with Gasteiger partial charge in [-0.3, -0.25) is 4.79 Å². The van der Waals surface area contributed by atoms with Crippen LogP contribution in [0, 0.1) is 0 Å². The number of ether oxygens (including phenoxy) is 1. The Morgan fingerprint density at radius 3 is 2.41 bits per heavy atom. The molecule has 0 aliphatic rings. The fraction of sp³-hybridized carbons (Fsp3) is 0.231. The van der Waals surface area contributed by atoms with E-state index in [1.165, 1.54) is 0 Å². The standard InChI is InChI=1S/C13H11Cl2F3N4O3S2/c1-2-27(24)9-10(19)22(21-11(9)26-12(20)23)8-6(14)3-5(4-7(8)15)25-13(16,17)18/h3-4H,2,19H2,1H3,(H2,20,23). The number of hydrogen-bond acceptors (Lipinski definition) is 6. The van der Waals surface area contributed by atoms with E-state index in [2.05, 4.69) is 9.84 Å². The van der Waals surface area contributed by atoms with Crippen molar-refractivity contribution >= 4 is 57.2 Å². The van der Waals surface area contributed by atoms with Crippen LogP contribution in [0.4, 0.5) is 23.8 Å². The minimum atomic E-state index is -4.94. The van der Waals surface area contributed by atoms with Gasteiger partial charge in [-0.15, -0.1) is 13.2 Å². The summed E-state index contributed by atoms with van der Waals surface area (Å²) < 4.78 is 54.1. The third-order valence-electron chi connectivity index (χ3n) is 2.97. The van der Waals surface area contributed by atoms with Gasteiger partial charge in [0.2, 0.25) is 4.90 Å². The molecule has 0 saturated carbocycles. The average molecular weight is 463 g/mol. The van der Waals surface area contributed by atoms with Crippen molar-refractivity contribution in [3.05, 3.63) is 22.2 Å². The maximum atomic E-state index is 12.4. The SMILES string of the molecule is CC[S+]([O-])c1c(SC(N)=O)nn(-c2c(Cl)cc(OC(F)(F)F)cc2Cl)c1N. The van der Waals surface area contributed by atoms with Crippen molar-refractivity contribution in [1.29, 1.82) is 0 Å². The largest absolute Gasteiger partial charge is 0.611 e. The zero-order chi connectivity index (χ0) is 20.5. The molecule has 0 radical (unpaired) electrons. The number of carbonyl (C=O) groups is 1. The number of hydrogen-bond donors (Lipinski definition) is 2. The molecule has 1 amide bonds. The summed E-state index contributed by atoms with van der Waals surface area (Å²) in [6, 6.07) is 1.74. The number of alkyl halides is 3. The number of nitrogens with two attached hydrogens (primary N) is 2. The summed E-state index contributed by atoms with van der Waals surface area (Å²) >= 11 is 10.9. The van der Waals surface area contributed by atoms with E-state index in [-0.39, 0.29) is 37.2 Å². The number of nitrogens with zero attached hydrogens (tertiary/aromatic N) is 2. The van der Waals surface area contributed by atoms with Gasteiger partial charge in [-0.25, -0.2) is 4.68 Å². The molecule has 1 atom stereocenters. The zero-order valence-corrected chi connectivity index (χ0v) is 16.5. The van der Waals surface area contributed by atoms with Gasteiger partial charge in [0, 0.05) is 12.1 Å². The number of halogens is 5. The van der Waals surface area contributed by atoms with Crippen molar-refractivity contribution in [3.63, 3.8) is 0 Å². The Morgan fingerprint density at radius 2 is 1.96 bits per heavy atom. The molecule has 148 valence electrons. The van der Waals surface area contributed by atoms with Crippen molar-refractivity contribution < 1.29 is 27.3 Å². The molecule has 2 rings (SSSR count). The van der Waals surface area contributed by atoms with Gasteiger partial charge in [0.05, 0.1) is 10.0 Å². The number of nitrogen functional groups attached to an aromatic ring is 1. The van der Waals surface area contributed by atoms with E-state index in [0.717, 1.165) is 16.8 Å². The monoisotopic (exact) mass is 462 g/mol. The van der Waals surface area contributed by atoms with Gasteiger partial charge in [0.25, 0.3) is 5.24 Å². The Labute approximate surface area is 168 Å². The number of aromatic nitrogens is 2. The molecule has 27 heavy (non-hydrogen) atoms. The van der Waals surface area contributed by atoms with Crippen LogP contribution in [0.15, 0.2) is 22.1 Å². The fourth-order valence-corrected chi connectivity index (χ4v) is 4.41. The quantitative estimate of drug-likeness (QED) is 0.512. The molecule has 0 fully saturated rings. The van der Waals surface area contributed by atoms with Crippen LogP contribution < -0.4 is 16.2 Å². The summed E-state index contributed by atoms with van der Waals surface area (Å²) in [5, 5.41) is 2.67. The lowest BCUT2D eigenvalue weighted by molar-refractivity contribution is -0.274. The van der Waals surface area contributed by atoms with Gasteiger partial charge in [0.15, 0.2) is 10.8 Å². The van der Waals surface area contributed by atoms with Gasteiger partial charge >= 0.3 is 6.36 Å². The van der Waals surface area contributed by atoms with Gasteiger partial charge in [-0.1, -0.05) is 23.2 Å². The molecule has 0 spiro atoms. The third-order valence-corrected chi connectivity index (χ3v) is 5.74. The van der Waals surface area contributed by atoms with Gasteiger partial charge in [0.1, 0.15) is 17.2 Å². The number of carbonyl (C=O) groups excluding carboxylic acids is 1. The van der Waals surface area contributed by atoms with Crippen molar-refractivity contribution in [2.45, 2.75) is 23.2 Å². The molecule has 4 N–H and O–H groups in total. The summed E-state index contributed by atoms with van der Waals surface area (Å²) in [5.41, 5.74) is 11.0. The van der Waals surface area contributed by atoms with E-state index in [1.807, 2.05) is 0 Å². The Morgan fingerprint density at radius 1 is 1.41 bits per heavy atom. The Kier molecular flexibility index (Phi) is 6.68. The van der Waals surface area contributed by atoms with Crippen LogP contribution >= 0.6 is 35.0 Å². The van der Waals surface area contributed by atoms with Crippen molar-refractivity contribution in [3.8, 4) is 11.4 Å². The maximum absolute atomic E-state index is 12.4. The number of thioether (sulfide) groups is 1. The summed E-state index contributed by atoms with van der Waals surface area (Å²) in [4.78, 5) is 11.3. The molecule has 7 nitrogen and oxygen atoms in total. The Hall–Kier alpha value is -1.47. The van der Waals surface area contributed by atoms with Crippen LogP contribution in [0.25, 0.3) is 5.69 Å². The molecule has 1 heterocycles. The first-order valence-corrected chi connectivity index (χ1v) is 9.83. The molecular formula is C13H11Cl2F3N4O3S2. The molecule has 1 aromatic heterocycles. The first kappa shape index (κ1) is 21.8. The lowest BCUT2D eigenvalue weighted by Crippen LogP contribution is -2.17. The van der Waals surface area contributed by atoms with Gasteiger partial charge in [-0.2, -0.15) is 5.10 Å². The second kappa shape index (κ2) is 8.27. The average Bonchev–Trinajstić information content (AvgIpc) is 2.80. The van der Waals surface area contributed by atoms with E-state index in [1.54, 1.807) is 6.92 Å². The Balaban J connectivity index is 2.61. The minimum absolute atomic E-state index is 0.0251. The van der Waals surface area contributed by atoms with Crippen LogP contribution in [-0.4, -0.2) is 31.7 Å². The highest BCUT2D eigenvalue weighted by atomic mass is 35.5. The van der Waals surface area contributed by atoms with E-state index in [4.69, 9.17) is 34.7 Å². The first-order chi connectivity index (χ1) is 12.4. The number of amides is 1. The van der Waals surface area contributed by atoms with Crippen molar-refractivity contribution in [2.24, 2.45) is 5.73 Å². The van der Waals surface area contributed by atoms with Crippen LogP contribution in [0.2, 0.25) is 10.0 Å². The molecule has 0 aliphatic heterocycles. The number of primary amides is 1. The maximum Gasteiger partial charge on any atom is 0.573 e. The van der Waals surface area contributed by atoms with E-state index >= 15 is 0 Å². The Bertz CT molecular complexity index is 856. The van der Waals surface area contributed by atoms with Crippen molar-refractivity contribution in [2.75, 3.05) is 11.5 Å². The van der Waals surface area contributed by atoms with Crippen molar-refractivity contribution in [1.82, 2.24) is 9.78 Å². The second-order valence-corrected chi connectivity index (χ2v) is 8.25. The van der Waals surface area contributed by atoms with Crippen LogP contribution in [0.1, 0.15) is 6.92 Å². The van der Waals surface area contributed by atoms with E-state index in [0.29, 0.717) is 11.8 Å². The predicted molar refractivity (Wildman–Crippen MR) is 97.1 cm³/mol. The lowest BCUT2D eigenvalue weighted by Gasteiger charge is -2.13. The molecule has 1 aromatic carbocycles. The molecule has 1 unspecified atom stereocenters. The summed E-state index contributed by atoms with van der Waals surface area (Å²) in [7, 11) is 0. The molecular weight excluding hydrogens is 452 g/mol. The molecule has 14 heteroatoms. The van der Waals surface area contributed by atoms with Crippen LogP contribution in [0.5, 0.6) is 5.75 Å². The molecule has 0 saturated heterocycles. The number of anilines is 1. The molecule has 0 bridgehead atoms. The minimum Gasteiger partial charge on any atom is -0.611 e. The summed E-state index contributed by atoms with van der Waals surface area (Å²) in [5.74, 6) is -0.620. The summed E-state index contributed by atoms with van der Waals surface area (Å²) in [6.07, 6.45) is -4.94. The van der Waals surface area contributed by atoms with E-state index in [9.17, 15) is 22.5 Å². The zero-order valence-electron chi connectivity index (χ0n) is 13.3. The van der Waals surface area contributed by atoms with E-state index < -0.39 is 28.5 Å². The van der Waals surface area contributed by atoms with Crippen LogP contribution in [-0.2, 0) is 11.2 Å². The number of rotatable bonds is 5. The highest BCUT2D eigenvalue weighted by Crippen LogP contribution is 2.39. The highest BCUT2D eigenvalue weighted by molar-refractivity contribution is 8.13. The first-order valence-electron chi connectivity index (χ1n) is 6.93. The normalized spacial score (nSPS) is 12.9. The smallest absolute Gasteiger partial charge is 0.573 e. The number of benzene rings is 1. The predicted octanol–water partition coefficient (Wildman–Crippen LogP) is 3.96. The van der Waals surface area contributed by atoms with Gasteiger partial charge < -0.3 is 20.8 Å². The molecule has 0 aliphatic carbocycles. The summed E-state index contributed by atoms with van der Waals surface area (Å²) in [6.45, 7) is 1.62. The van der Waals surface area contributed by atoms with Gasteiger partial charge in [-0.05, 0) is 29.9 Å². The topological polar surface area (TPSA) is 119 Å². The van der Waals surface area contributed by atoms with Crippen LogP contribution in [0.3, 0.4) is 0 Å².